The van der Waals surface area contributed by atoms with Gasteiger partial charge >= 0.3 is 5.97 Å². The van der Waals surface area contributed by atoms with Crippen molar-refractivity contribution in [3.63, 3.8) is 0 Å². The Morgan fingerprint density at radius 3 is 2.80 bits per heavy atom. The lowest BCUT2D eigenvalue weighted by Gasteiger charge is -2.09. The van der Waals surface area contributed by atoms with E-state index in [2.05, 4.69) is 0 Å². The third kappa shape index (κ3) is 6.57. The molecular formula is C16H24O4. The van der Waals surface area contributed by atoms with E-state index in [1.54, 1.807) is 6.92 Å². The Morgan fingerprint density at radius 1 is 1.30 bits per heavy atom. The average molecular weight is 280 g/mol. The Hall–Kier alpha value is -1.55. The lowest BCUT2D eigenvalue weighted by atomic mass is 10.1. The SMILES string of the molecule is CCOC(=O)CCCCCOc1cccc([C@@H](C)O)c1. The predicted octanol–water partition coefficient (Wildman–Crippen LogP) is 3.24. The van der Waals surface area contributed by atoms with Gasteiger partial charge in [-0.2, -0.15) is 0 Å². The van der Waals surface area contributed by atoms with Crippen LogP contribution in [0.3, 0.4) is 0 Å². The number of ether oxygens (including phenoxy) is 2. The van der Waals surface area contributed by atoms with E-state index >= 15 is 0 Å². The van der Waals surface area contributed by atoms with Crippen molar-refractivity contribution in [3.05, 3.63) is 29.8 Å². The Balaban J connectivity index is 2.15. The van der Waals surface area contributed by atoms with Gasteiger partial charge in [-0.25, -0.2) is 0 Å². The van der Waals surface area contributed by atoms with Gasteiger partial charge in [-0.05, 0) is 50.8 Å². The molecule has 0 aromatic heterocycles. The molecule has 1 aromatic rings. The molecule has 0 aliphatic carbocycles. The molecule has 112 valence electrons. The second kappa shape index (κ2) is 9.37. The number of aliphatic hydroxyl groups is 1. The molecule has 1 rings (SSSR count). The van der Waals surface area contributed by atoms with Crippen molar-refractivity contribution in [2.45, 2.75) is 45.6 Å². The van der Waals surface area contributed by atoms with Crippen LogP contribution in [0.25, 0.3) is 0 Å². The highest BCUT2D eigenvalue weighted by molar-refractivity contribution is 5.69. The largest absolute Gasteiger partial charge is 0.494 e. The van der Waals surface area contributed by atoms with E-state index in [4.69, 9.17) is 9.47 Å². The highest BCUT2D eigenvalue weighted by Gasteiger charge is 2.03. The minimum Gasteiger partial charge on any atom is -0.494 e. The number of aliphatic hydroxyl groups excluding tert-OH is 1. The summed E-state index contributed by atoms with van der Waals surface area (Å²) in [6.07, 6.45) is 2.66. The second-order valence-electron chi connectivity index (χ2n) is 4.71. The molecule has 0 saturated carbocycles. The van der Waals surface area contributed by atoms with Gasteiger partial charge in [-0.15, -0.1) is 0 Å². The van der Waals surface area contributed by atoms with E-state index < -0.39 is 6.10 Å². The van der Waals surface area contributed by atoms with Crippen molar-refractivity contribution in [1.29, 1.82) is 0 Å². The van der Waals surface area contributed by atoms with Crippen molar-refractivity contribution in [1.82, 2.24) is 0 Å². The van der Waals surface area contributed by atoms with Gasteiger partial charge in [0.25, 0.3) is 0 Å². The summed E-state index contributed by atoms with van der Waals surface area (Å²) >= 11 is 0. The van der Waals surface area contributed by atoms with Gasteiger partial charge in [-0.3, -0.25) is 4.79 Å². The van der Waals surface area contributed by atoms with Crippen LogP contribution in [0.2, 0.25) is 0 Å². The first-order valence-electron chi connectivity index (χ1n) is 7.20. The maximum absolute atomic E-state index is 11.1. The number of hydrogen-bond acceptors (Lipinski definition) is 4. The molecule has 0 saturated heterocycles. The fourth-order valence-electron chi connectivity index (χ4n) is 1.84. The van der Waals surface area contributed by atoms with Crippen LogP contribution in [0.15, 0.2) is 24.3 Å². The number of carbonyl (C=O) groups excluding carboxylic acids is 1. The molecule has 4 nitrogen and oxygen atoms in total. The molecule has 0 radical (unpaired) electrons. The average Bonchev–Trinajstić information content (AvgIpc) is 2.43. The van der Waals surface area contributed by atoms with Crippen molar-refractivity contribution < 1.29 is 19.4 Å². The normalized spacial score (nSPS) is 11.9. The molecule has 0 aliphatic heterocycles. The molecule has 1 aromatic carbocycles. The smallest absolute Gasteiger partial charge is 0.305 e. The van der Waals surface area contributed by atoms with Gasteiger partial charge in [0.2, 0.25) is 0 Å². The molecule has 0 aliphatic rings. The molecule has 1 N–H and O–H groups in total. The quantitative estimate of drug-likeness (QED) is 0.557. The third-order valence-electron chi connectivity index (χ3n) is 2.94. The molecule has 0 amide bonds. The highest BCUT2D eigenvalue weighted by Crippen LogP contribution is 2.19. The van der Waals surface area contributed by atoms with E-state index in [0.29, 0.717) is 19.6 Å². The van der Waals surface area contributed by atoms with Crippen LogP contribution in [0.5, 0.6) is 5.75 Å². The van der Waals surface area contributed by atoms with Crippen LogP contribution in [-0.4, -0.2) is 24.3 Å². The zero-order valence-corrected chi connectivity index (χ0v) is 12.3. The summed E-state index contributed by atoms with van der Waals surface area (Å²) in [6.45, 7) is 4.61. The topological polar surface area (TPSA) is 55.8 Å². The number of carbonyl (C=O) groups is 1. The fourth-order valence-corrected chi connectivity index (χ4v) is 1.84. The summed E-state index contributed by atoms with van der Waals surface area (Å²) < 4.78 is 10.5. The van der Waals surface area contributed by atoms with Crippen molar-refractivity contribution in [2.24, 2.45) is 0 Å². The standard InChI is InChI=1S/C16H24O4/c1-3-19-16(18)10-5-4-6-11-20-15-9-7-8-14(12-15)13(2)17/h7-9,12-13,17H,3-6,10-11H2,1-2H3/t13-/m1/s1. The van der Waals surface area contributed by atoms with E-state index in [9.17, 15) is 9.90 Å². The molecule has 0 bridgehead atoms. The first kappa shape index (κ1) is 16.5. The van der Waals surface area contributed by atoms with Crippen molar-refractivity contribution >= 4 is 5.97 Å². The lowest BCUT2D eigenvalue weighted by Crippen LogP contribution is -2.04. The number of rotatable bonds is 9. The van der Waals surface area contributed by atoms with Crippen LogP contribution in [-0.2, 0) is 9.53 Å². The Morgan fingerprint density at radius 2 is 2.10 bits per heavy atom. The Labute approximate surface area is 120 Å². The fraction of sp³-hybridized carbons (Fsp3) is 0.562. The molecule has 1 atom stereocenters. The molecule has 0 unspecified atom stereocenters. The van der Waals surface area contributed by atoms with Gasteiger partial charge < -0.3 is 14.6 Å². The van der Waals surface area contributed by atoms with E-state index in [-0.39, 0.29) is 5.97 Å². The van der Waals surface area contributed by atoms with Crippen LogP contribution in [0.1, 0.15) is 51.2 Å². The third-order valence-corrected chi connectivity index (χ3v) is 2.94. The van der Waals surface area contributed by atoms with Gasteiger partial charge in [0.1, 0.15) is 5.75 Å². The van der Waals surface area contributed by atoms with Crippen molar-refractivity contribution in [3.8, 4) is 5.75 Å². The highest BCUT2D eigenvalue weighted by atomic mass is 16.5. The Bertz CT molecular complexity index is 401. The van der Waals surface area contributed by atoms with Gasteiger partial charge in [-0.1, -0.05) is 12.1 Å². The maximum atomic E-state index is 11.1. The van der Waals surface area contributed by atoms with Crippen LogP contribution in [0.4, 0.5) is 0 Å². The summed E-state index contributed by atoms with van der Waals surface area (Å²) in [7, 11) is 0. The number of hydrogen-bond donors (Lipinski definition) is 1. The van der Waals surface area contributed by atoms with Crippen LogP contribution in [0, 0.1) is 0 Å². The summed E-state index contributed by atoms with van der Waals surface area (Å²) in [5.41, 5.74) is 0.852. The molecular weight excluding hydrogens is 256 g/mol. The predicted molar refractivity (Wildman–Crippen MR) is 77.7 cm³/mol. The van der Waals surface area contributed by atoms with Gasteiger partial charge in [0.05, 0.1) is 19.3 Å². The first-order valence-corrected chi connectivity index (χ1v) is 7.20. The lowest BCUT2D eigenvalue weighted by molar-refractivity contribution is -0.143. The van der Waals surface area contributed by atoms with Crippen LogP contribution >= 0.6 is 0 Å². The number of esters is 1. The van der Waals surface area contributed by atoms with Crippen LogP contribution < -0.4 is 4.74 Å². The molecule has 4 heteroatoms. The summed E-state index contributed by atoms with van der Waals surface area (Å²) in [5, 5.41) is 9.49. The van der Waals surface area contributed by atoms with E-state index in [1.807, 2.05) is 31.2 Å². The minimum atomic E-state index is -0.483. The van der Waals surface area contributed by atoms with Crippen molar-refractivity contribution in [2.75, 3.05) is 13.2 Å². The molecule has 20 heavy (non-hydrogen) atoms. The molecule has 0 heterocycles. The first-order chi connectivity index (χ1) is 9.63. The second-order valence-corrected chi connectivity index (χ2v) is 4.71. The Kier molecular flexibility index (Phi) is 7.73. The number of unbranched alkanes of at least 4 members (excludes halogenated alkanes) is 2. The summed E-state index contributed by atoms with van der Waals surface area (Å²) in [5.74, 6) is 0.645. The monoisotopic (exact) mass is 280 g/mol. The zero-order valence-electron chi connectivity index (χ0n) is 12.3. The van der Waals surface area contributed by atoms with E-state index in [0.717, 1.165) is 30.6 Å². The zero-order chi connectivity index (χ0) is 14.8. The summed E-state index contributed by atoms with van der Waals surface area (Å²) in [6, 6.07) is 7.47. The minimum absolute atomic E-state index is 0.127. The van der Waals surface area contributed by atoms with Gasteiger partial charge in [0.15, 0.2) is 0 Å². The maximum Gasteiger partial charge on any atom is 0.305 e. The van der Waals surface area contributed by atoms with E-state index in [1.165, 1.54) is 0 Å². The summed E-state index contributed by atoms with van der Waals surface area (Å²) in [4.78, 5) is 11.1. The molecule has 0 fully saturated rings. The van der Waals surface area contributed by atoms with Gasteiger partial charge in [0, 0.05) is 6.42 Å². The number of benzene rings is 1. The molecule has 0 spiro atoms.